The highest BCUT2D eigenvalue weighted by Gasteiger charge is 2.21. The van der Waals surface area contributed by atoms with Crippen LogP contribution in [-0.2, 0) is 17.8 Å². The molecule has 1 saturated carbocycles. The third-order valence-electron chi connectivity index (χ3n) is 4.49. The van der Waals surface area contributed by atoms with Crippen molar-refractivity contribution in [3.05, 3.63) is 71.8 Å². The second-order valence-corrected chi connectivity index (χ2v) is 6.61. The number of hydrogen-bond acceptors (Lipinski definition) is 2. The summed E-state index contributed by atoms with van der Waals surface area (Å²) in [6.45, 7) is 2.85. The molecule has 0 heterocycles. The smallest absolute Gasteiger partial charge is 0.236 e. The lowest BCUT2D eigenvalue weighted by Crippen LogP contribution is -2.39. The summed E-state index contributed by atoms with van der Waals surface area (Å²) < 4.78 is 0. The first-order valence-corrected chi connectivity index (χ1v) is 8.87. The van der Waals surface area contributed by atoms with E-state index in [1.807, 2.05) is 29.2 Å². The molecule has 3 rings (SSSR count). The highest BCUT2D eigenvalue weighted by atomic mass is 16.2. The van der Waals surface area contributed by atoms with Crippen LogP contribution in [0.3, 0.4) is 0 Å². The summed E-state index contributed by atoms with van der Waals surface area (Å²) in [6.07, 6.45) is 3.51. The molecule has 0 spiro atoms. The molecule has 1 aliphatic carbocycles. The molecule has 0 bridgehead atoms. The maximum absolute atomic E-state index is 12.6. The van der Waals surface area contributed by atoms with E-state index >= 15 is 0 Å². The van der Waals surface area contributed by atoms with Crippen LogP contribution in [0.1, 0.15) is 24.0 Å². The van der Waals surface area contributed by atoms with Gasteiger partial charge in [-0.25, -0.2) is 0 Å². The first-order chi connectivity index (χ1) is 11.8. The van der Waals surface area contributed by atoms with Gasteiger partial charge in [-0.2, -0.15) is 0 Å². The molecule has 0 saturated heterocycles. The second kappa shape index (κ2) is 8.65. The number of nitrogens with one attached hydrogen (secondary N) is 1. The molecule has 2 aromatic carbocycles. The quantitative estimate of drug-likeness (QED) is 0.768. The predicted octanol–water partition coefficient (Wildman–Crippen LogP) is 3.26. The molecule has 0 radical (unpaired) electrons. The molecule has 3 nitrogen and oxygen atoms in total. The number of carbonyl (C=O) groups is 1. The van der Waals surface area contributed by atoms with E-state index in [0.717, 1.165) is 25.4 Å². The van der Waals surface area contributed by atoms with Gasteiger partial charge in [0.25, 0.3) is 0 Å². The largest absolute Gasteiger partial charge is 0.337 e. The molecule has 3 heteroatoms. The van der Waals surface area contributed by atoms with Crippen LogP contribution in [0.25, 0.3) is 0 Å². The highest BCUT2D eigenvalue weighted by molar-refractivity contribution is 5.78. The van der Waals surface area contributed by atoms with Crippen molar-refractivity contribution in [1.29, 1.82) is 0 Å². The molecule has 126 valence electrons. The zero-order valence-electron chi connectivity index (χ0n) is 14.2. The molecule has 2 aromatic rings. The van der Waals surface area contributed by atoms with Gasteiger partial charge in [0.2, 0.25) is 5.91 Å². The number of hydrogen-bond donors (Lipinski definition) is 1. The fourth-order valence-corrected chi connectivity index (χ4v) is 2.82. The third kappa shape index (κ3) is 5.50. The van der Waals surface area contributed by atoms with Gasteiger partial charge in [-0.15, -0.1) is 0 Å². The van der Waals surface area contributed by atoms with E-state index in [0.29, 0.717) is 13.1 Å². The van der Waals surface area contributed by atoms with Crippen molar-refractivity contribution in [2.24, 2.45) is 5.92 Å². The lowest BCUT2D eigenvalue weighted by atomic mass is 10.1. The van der Waals surface area contributed by atoms with Crippen molar-refractivity contribution >= 4 is 5.91 Å². The van der Waals surface area contributed by atoms with Gasteiger partial charge in [-0.1, -0.05) is 60.7 Å². The summed E-state index contributed by atoms with van der Waals surface area (Å²) in [5.41, 5.74) is 2.45. The third-order valence-corrected chi connectivity index (χ3v) is 4.49. The van der Waals surface area contributed by atoms with Crippen molar-refractivity contribution in [2.45, 2.75) is 25.8 Å². The van der Waals surface area contributed by atoms with Crippen molar-refractivity contribution < 1.29 is 4.79 Å². The van der Waals surface area contributed by atoms with E-state index in [2.05, 4.69) is 41.7 Å². The van der Waals surface area contributed by atoms with Crippen LogP contribution < -0.4 is 5.32 Å². The first-order valence-electron chi connectivity index (χ1n) is 8.87. The summed E-state index contributed by atoms with van der Waals surface area (Å²) in [5.74, 6) is 0.986. The summed E-state index contributed by atoms with van der Waals surface area (Å²) in [4.78, 5) is 14.6. The zero-order chi connectivity index (χ0) is 16.6. The number of carbonyl (C=O) groups excluding carboxylic acids is 1. The fourth-order valence-electron chi connectivity index (χ4n) is 2.82. The van der Waals surface area contributed by atoms with Crippen molar-refractivity contribution in [3.63, 3.8) is 0 Å². The molecular weight excluding hydrogens is 296 g/mol. The van der Waals surface area contributed by atoms with Gasteiger partial charge < -0.3 is 10.2 Å². The number of nitrogens with zero attached hydrogens (tertiary/aromatic N) is 1. The summed E-state index contributed by atoms with van der Waals surface area (Å²) in [5, 5.41) is 3.32. The molecule has 0 aromatic heterocycles. The Hall–Kier alpha value is -2.13. The molecule has 0 unspecified atom stereocenters. The summed E-state index contributed by atoms with van der Waals surface area (Å²) >= 11 is 0. The normalized spacial score (nSPS) is 13.7. The predicted molar refractivity (Wildman–Crippen MR) is 97.6 cm³/mol. The Morgan fingerprint density at radius 3 is 2.21 bits per heavy atom. The van der Waals surface area contributed by atoms with Crippen molar-refractivity contribution in [3.8, 4) is 0 Å². The van der Waals surface area contributed by atoms with Crippen LogP contribution in [0.5, 0.6) is 0 Å². The molecule has 1 fully saturated rings. The number of rotatable bonds is 9. The van der Waals surface area contributed by atoms with Crippen LogP contribution in [0.15, 0.2) is 60.7 Å². The zero-order valence-corrected chi connectivity index (χ0v) is 14.2. The average molecular weight is 322 g/mol. The van der Waals surface area contributed by atoms with Gasteiger partial charge in [-0.05, 0) is 42.9 Å². The van der Waals surface area contributed by atoms with E-state index in [1.54, 1.807) is 0 Å². The van der Waals surface area contributed by atoms with E-state index in [1.165, 1.54) is 24.0 Å². The maximum Gasteiger partial charge on any atom is 0.236 e. The second-order valence-electron chi connectivity index (χ2n) is 6.61. The van der Waals surface area contributed by atoms with Crippen LogP contribution in [0, 0.1) is 5.92 Å². The van der Waals surface area contributed by atoms with Crippen LogP contribution in [0.2, 0.25) is 0 Å². The molecular formula is C21H26N2O. The van der Waals surface area contributed by atoms with Crippen molar-refractivity contribution in [2.75, 3.05) is 19.6 Å². The van der Waals surface area contributed by atoms with Gasteiger partial charge in [0, 0.05) is 13.1 Å². The number of benzene rings is 2. The molecule has 24 heavy (non-hydrogen) atoms. The summed E-state index contributed by atoms with van der Waals surface area (Å²) in [7, 11) is 0. The fraction of sp³-hybridized carbons (Fsp3) is 0.381. The molecule has 1 amide bonds. The molecule has 1 aliphatic rings. The van der Waals surface area contributed by atoms with Crippen LogP contribution >= 0.6 is 0 Å². The van der Waals surface area contributed by atoms with Gasteiger partial charge in [-0.3, -0.25) is 4.79 Å². The minimum absolute atomic E-state index is 0.190. The maximum atomic E-state index is 12.6. The Balaban J connectivity index is 1.57. The molecule has 0 aliphatic heterocycles. The average Bonchev–Trinajstić information content (AvgIpc) is 3.44. The Morgan fingerprint density at radius 2 is 1.58 bits per heavy atom. The lowest BCUT2D eigenvalue weighted by Gasteiger charge is -2.23. The van der Waals surface area contributed by atoms with E-state index in [4.69, 9.17) is 0 Å². The van der Waals surface area contributed by atoms with Gasteiger partial charge in [0.05, 0.1) is 6.54 Å². The van der Waals surface area contributed by atoms with E-state index in [9.17, 15) is 4.79 Å². The molecule has 1 N–H and O–H groups in total. The SMILES string of the molecule is O=C(CNCC1CC1)N(CCc1ccccc1)Cc1ccccc1. The van der Waals surface area contributed by atoms with Crippen molar-refractivity contribution in [1.82, 2.24) is 10.2 Å². The topological polar surface area (TPSA) is 32.3 Å². The molecule has 0 atom stereocenters. The Labute approximate surface area is 144 Å². The van der Waals surface area contributed by atoms with Crippen LogP contribution in [0.4, 0.5) is 0 Å². The number of amides is 1. The minimum Gasteiger partial charge on any atom is -0.337 e. The van der Waals surface area contributed by atoms with Gasteiger partial charge >= 0.3 is 0 Å². The minimum atomic E-state index is 0.190. The Bertz CT molecular complexity index is 623. The monoisotopic (exact) mass is 322 g/mol. The Kier molecular flexibility index (Phi) is 6.02. The Morgan fingerprint density at radius 1 is 0.958 bits per heavy atom. The van der Waals surface area contributed by atoms with Crippen LogP contribution in [-0.4, -0.2) is 30.4 Å². The van der Waals surface area contributed by atoms with Gasteiger partial charge in [0.15, 0.2) is 0 Å². The van der Waals surface area contributed by atoms with Gasteiger partial charge in [0.1, 0.15) is 0 Å². The standard InChI is InChI=1S/C21H26N2O/c24-21(16-22-15-19-11-12-19)23(17-20-9-5-2-6-10-20)14-13-18-7-3-1-4-8-18/h1-10,19,22H,11-17H2. The summed E-state index contributed by atoms with van der Waals surface area (Å²) in [6, 6.07) is 20.6. The lowest BCUT2D eigenvalue weighted by molar-refractivity contribution is -0.130. The first kappa shape index (κ1) is 16.7. The van der Waals surface area contributed by atoms with E-state index in [-0.39, 0.29) is 5.91 Å². The highest BCUT2D eigenvalue weighted by Crippen LogP contribution is 2.27. The van der Waals surface area contributed by atoms with E-state index < -0.39 is 0 Å².